The van der Waals surface area contributed by atoms with Gasteiger partial charge in [-0.3, -0.25) is 0 Å². The maximum Gasteiger partial charge on any atom is 0.146 e. The molecule has 0 heterocycles. The Kier molecular flexibility index (Phi) is 4.59. The first-order chi connectivity index (χ1) is 8.72. The third-order valence-electron chi connectivity index (χ3n) is 3.88. The quantitative estimate of drug-likeness (QED) is 0.887. The zero-order chi connectivity index (χ0) is 13.0. The molecule has 1 aromatic rings. The van der Waals surface area contributed by atoms with E-state index in [-0.39, 0.29) is 12.4 Å². The highest BCUT2D eigenvalue weighted by molar-refractivity contribution is 5.54. The summed E-state index contributed by atoms with van der Waals surface area (Å²) in [6, 6.07) is 4.90. The van der Waals surface area contributed by atoms with Crippen molar-refractivity contribution in [3.8, 4) is 0 Å². The van der Waals surface area contributed by atoms with Crippen molar-refractivity contribution >= 4 is 5.69 Å². The molecule has 18 heavy (non-hydrogen) atoms. The molecule has 1 aliphatic carbocycles. The molecule has 2 rings (SSSR count). The second-order valence-electron chi connectivity index (χ2n) is 5.29. The molecule has 2 nitrogen and oxygen atoms in total. The molecule has 0 saturated heterocycles. The van der Waals surface area contributed by atoms with Crippen molar-refractivity contribution < 1.29 is 9.50 Å². The Hall–Kier alpha value is -1.09. The summed E-state index contributed by atoms with van der Waals surface area (Å²) in [6.45, 7) is 0.774. The third kappa shape index (κ3) is 3.02. The Morgan fingerprint density at radius 2 is 2.00 bits per heavy atom. The highest BCUT2D eigenvalue weighted by Crippen LogP contribution is 2.28. The molecule has 1 aromatic carbocycles. The maximum absolute atomic E-state index is 13.9. The number of anilines is 1. The lowest BCUT2D eigenvalue weighted by atomic mass is 9.89. The van der Waals surface area contributed by atoms with Crippen LogP contribution < -0.4 is 4.90 Å². The van der Waals surface area contributed by atoms with Gasteiger partial charge in [-0.1, -0.05) is 31.4 Å². The Labute approximate surface area is 108 Å². The average molecular weight is 251 g/mol. The fourth-order valence-electron chi connectivity index (χ4n) is 2.96. The van der Waals surface area contributed by atoms with E-state index < -0.39 is 0 Å². The summed E-state index contributed by atoms with van der Waals surface area (Å²) in [5.74, 6) is 0.426. The van der Waals surface area contributed by atoms with Crippen LogP contribution in [0.5, 0.6) is 0 Å². The molecule has 1 saturated carbocycles. The first-order valence-corrected chi connectivity index (χ1v) is 6.81. The third-order valence-corrected chi connectivity index (χ3v) is 3.88. The van der Waals surface area contributed by atoms with Gasteiger partial charge in [0, 0.05) is 19.2 Å². The van der Waals surface area contributed by atoms with Gasteiger partial charge in [0.1, 0.15) is 5.82 Å². The Bertz CT molecular complexity index is 388. The Balaban J connectivity index is 2.09. The number of aliphatic hydroxyl groups is 1. The molecule has 0 bridgehead atoms. The zero-order valence-corrected chi connectivity index (χ0v) is 11.0. The highest BCUT2D eigenvalue weighted by atomic mass is 19.1. The lowest BCUT2D eigenvalue weighted by Crippen LogP contribution is -2.28. The van der Waals surface area contributed by atoms with Gasteiger partial charge in [0.15, 0.2) is 0 Å². The van der Waals surface area contributed by atoms with Crippen molar-refractivity contribution in [3.63, 3.8) is 0 Å². The molecular weight excluding hydrogens is 229 g/mol. The molecule has 100 valence electrons. The first kappa shape index (κ1) is 13.3. The fourth-order valence-corrected chi connectivity index (χ4v) is 2.96. The van der Waals surface area contributed by atoms with E-state index in [1.54, 1.807) is 12.1 Å². The van der Waals surface area contributed by atoms with Crippen LogP contribution in [0.4, 0.5) is 10.1 Å². The second kappa shape index (κ2) is 6.19. The minimum atomic E-state index is -0.236. The summed E-state index contributed by atoms with van der Waals surface area (Å²) in [7, 11) is 1.92. The molecule has 1 N–H and O–H groups in total. The van der Waals surface area contributed by atoms with Crippen LogP contribution in [0.3, 0.4) is 0 Å². The number of para-hydroxylation sites is 1. The van der Waals surface area contributed by atoms with E-state index in [2.05, 4.69) is 0 Å². The topological polar surface area (TPSA) is 23.5 Å². The molecule has 0 aromatic heterocycles. The molecular formula is C15H22FNO. The van der Waals surface area contributed by atoms with Gasteiger partial charge < -0.3 is 10.0 Å². The predicted octanol–water partition coefficient (Wildman–Crippen LogP) is 3.33. The number of hydrogen-bond acceptors (Lipinski definition) is 2. The van der Waals surface area contributed by atoms with Crippen LogP contribution in [0.1, 0.15) is 37.7 Å². The molecule has 0 spiro atoms. The molecule has 0 atom stereocenters. The minimum absolute atomic E-state index is 0.109. The largest absolute Gasteiger partial charge is 0.392 e. The summed E-state index contributed by atoms with van der Waals surface area (Å²) in [4.78, 5) is 1.97. The van der Waals surface area contributed by atoms with Gasteiger partial charge >= 0.3 is 0 Å². The van der Waals surface area contributed by atoms with E-state index >= 15 is 0 Å². The lowest BCUT2D eigenvalue weighted by Gasteiger charge is -2.29. The van der Waals surface area contributed by atoms with Gasteiger partial charge in [-0.05, 0) is 24.8 Å². The van der Waals surface area contributed by atoms with Crippen LogP contribution in [0.25, 0.3) is 0 Å². The molecule has 0 amide bonds. The highest BCUT2D eigenvalue weighted by Gasteiger charge is 2.18. The van der Waals surface area contributed by atoms with Crippen molar-refractivity contribution in [2.75, 3.05) is 18.5 Å². The fraction of sp³-hybridized carbons (Fsp3) is 0.600. The monoisotopic (exact) mass is 251 g/mol. The smallest absolute Gasteiger partial charge is 0.146 e. The number of hydrogen-bond donors (Lipinski definition) is 1. The molecule has 0 radical (unpaired) electrons. The van der Waals surface area contributed by atoms with Crippen LogP contribution >= 0.6 is 0 Å². The van der Waals surface area contributed by atoms with Gasteiger partial charge in [-0.2, -0.15) is 0 Å². The van der Waals surface area contributed by atoms with Crippen molar-refractivity contribution in [2.45, 2.75) is 38.7 Å². The van der Waals surface area contributed by atoms with E-state index in [1.807, 2.05) is 11.9 Å². The van der Waals surface area contributed by atoms with Crippen molar-refractivity contribution in [3.05, 3.63) is 29.6 Å². The maximum atomic E-state index is 13.9. The standard InChI is InChI=1S/C15H22FNO/c1-17(10-12-6-3-2-4-7-12)15-13(11-18)8-5-9-14(15)16/h5,8-9,12,18H,2-4,6-7,10-11H2,1H3. The van der Waals surface area contributed by atoms with E-state index in [0.29, 0.717) is 17.2 Å². The average Bonchev–Trinajstić information content (AvgIpc) is 2.39. The number of rotatable bonds is 4. The van der Waals surface area contributed by atoms with E-state index in [9.17, 15) is 9.50 Å². The minimum Gasteiger partial charge on any atom is -0.392 e. The van der Waals surface area contributed by atoms with Crippen LogP contribution in [-0.4, -0.2) is 18.7 Å². The van der Waals surface area contributed by atoms with E-state index in [4.69, 9.17) is 0 Å². The SMILES string of the molecule is CN(CC1CCCCC1)c1c(F)cccc1CO. The predicted molar refractivity (Wildman–Crippen MR) is 72.2 cm³/mol. The van der Waals surface area contributed by atoms with Crippen LogP contribution in [-0.2, 0) is 6.61 Å². The van der Waals surface area contributed by atoms with Gasteiger partial charge in [-0.25, -0.2) is 4.39 Å². The molecule has 0 aliphatic heterocycles. The van der Waals surface area contributed by atoms with Crippen molar-refractivity contribution in [1.29, 1.82) is 0 Å². The summed E-state index contributed by atoms with van der Waals surface area (Å²) >= 11 is 0. The first-order valence-electron chi connectivity index (χ1n) is 6.81. The normalized spacial score (nSPS) is 16.8. The molecule has 1 aliphatic rings. The van der Waals surface area contributed by atoms with Gasteiger partial charge in [0.25, 0.3) is 0 Å². The van der Waals surface area contributed by atoms with Crippen LogP contribution in [0, 0.1) is 11.7 Å². The number of halogens is 1. The van der Waals surface area contributed by atoms with Gasteiger partial charge in [-0.15, -0.1) is 0 Å². The van der Waals surface area contributed by atoms with Crippen molar-refractivity contribution in [2.24, 2.45) is 5.92 Å². The van der Waals surface area contributed by atoms with E-state index in [1.165, 1.54) is 38.2 Å². The van der Waals surface area contributed by atoms with E-state index in [0.717, 1.165) is 6.54 Å². The molecule has 3 heteroatoms. The second-order valence-corrected chi connectivity index (χ2v) is 5.29. The number of aliphatic hydroxyl groups excluding tert-OH is 1. The summed E-state index contributed by atoms with van der Waals surface area (Å²) in [5.41, 5.74) is 1.24. The van der Waals surface area contributed by atoms with Gasteiger partial charge in [0.05, 0.1) is 12.3 Å². The summed E-state index contributed by atoms with van der Waals surface area (Å²) < 4.78 is 13.9. The van der Waals surface area contributed by atoms with Crippen LogP contribution in [0.2, 0.25) is 0 Å². The number of nitrogens with zero attached hydrogens (tertiary/aromatic N) is 1. The lowest BCUT2D eigenvalue weighted by molar-refractivity contribution is 0.281. The molecule has 1 fully saturated rings. The van der Waals surface area contributed by atoms with Crippen LogP contribution in [0.15, 0.2) is 18.2 Å². The van der Waals surface area contributed by atoms with Crippen molar-refractivity contribution in [1.82, 2.24) is 0 Å². The summed E-state index contributed by atoms with van der Waals surface area (Å²) in [5, 5.41) is 9.30. The van der Waals surface area contributed by atoms with Gasteiger partial charge in [0.2, 0.25) is 0 Å². The molecule has 0 unspecified atom stereocenters. The zero-order valence-electron chi connectivity index (χ0n) is 11.0. The summed E-state index contributed by atoms with van der Waals surface area (Å²) in [6.07, 6.45) is 6.41. The number of benzene rings is 1. The Morgan fingerprint density at radius 1 is 1.28 bits per heavy atom. The Morgan fingerprint density at radius 3 is 2.67 bits per heavy atom.